The van der Waals surface area contributed by atoms with Crippen LogP contribution in [0.1, 0.15) is 16.8 Å². The van der Waals surface area contributed by atoms with Gasteiger partial charge in [-0.2, -0.15) is 5.10 Å². The Hall–Kier alpha value is -2.66. The first-order chi connectivity index (χ1) is 12.8. The van der Waals surface area contributed by atoms with E-state index in [1.54, 1.807) is 0 Å². The molecule has 26 heavy (non-hydrogen) atoms. The predicted octanol–water partition coefficient (Wildman–Crippen LogP) is 3.43. The van der Waals surface area contributed by atoms with E-state index >= 15 is 0 Å². The Morgan fingerprint density at radius 1 is 1.00 bits per heavy atom. The van der Waals surface area contributed by atoms with Gasteiger partial charge < -0.3 is 10.6 Å². The van der Waals surface area contributed by atoms with Crippen LogP contribution in [0.15, 0.2) is 66.9 Å². The van der Waals surface area contributed by atoms with Crippen LogP contribution in [0.25, 0.3) is 0 Å². The van der Waals surface area contributed by atoms with Crippen LogP contribution in [0.3, 0.4) is 0 Å². The SMILES string of the molecule is S=C1NC(Cc2ccccc2)CNc2cn(CCc3ccccc3)nc21. The van der Waals surface area contributed by atoms with E-state index in [2.05, 4.69) is 65.4 Å². The lowest BCUT2D eigenvalue weighted by Crippen LogP contribution is -2.38. The highest BCUT2D eigenvalue weighted by atomic mass is 32.1. The Morgan fingerprint density at radius 3 is 2.42 bits per heavy atom. The number of fused-ring (bicyclic) bond motifs is 1. The largest absolute Gasteiger partial charge is 0.380 e. The van der Waals surface area contributed by atoms with Gasteiger partial charge in [0.2, 0.25) is 0 Å². The summed E-state index contributed by atoms with van der Waals surface area (Å²) in [7, 11) is 0. The Balaban J connectivity index is 1.41. The number of anilines is 1. The van der Waals surface area contributed by atoms with Crippen LogP contribution in [0.4, 0.5) is 5.69 Å². The molecule has 2 N–H and O–H groups in total. The van der Waals surface area contributed by atoms with Gasteiger partial charge in [0.15, 0.2) is 0 Å². The molecule has 4 nitrogen and oxygen atoms in total. The molecule has 1 atom stereocenters. The van der Waals surface area contributed by atoms with E-state index in [1.165, 1.54) is 11.1 Å². The summed E-state index contributed by atoms with van der Waals surface area (Å²) in [6.07, 6.45) is 3.96. The molecule has 5 heteroatoms. The van der Waals surface area contributed by atoms with Crippen LogP contribution < -0.4 is 10.6 Å². The summed E-state index contributed by atoms with van der Waals surface area (Å²) in [6, 6.07) is 21.2. The minimum Gasteiger partial charge on any atom is -0.380 e. The van der Waals surface area contributed by atoms with E-state index in [0.717, 1.165) is 42.3 Å². The lowest BCUT2D eigenvalue weighted by Gasteiger charge is -2.17. The maximum Gasteiger partial charge on any atom is 0.142 e. The van der Waals surface area contributed by atoms with Crippen LogP contribution in [0, 0.1) is 0 Å². The van der Waals surface area contributed by atoms with Gasteiger partial charge in [-0.05, 0) is 24.0 Å². The average Bonchev–Trinajstić information content (AvgIpc) is 3.03. The molecule has 132 valence electrons. The number of thiocarbonyl (C=S) groups is 1. The molecule has 1 aliphatic rings. The quantitative estimate of drug-likeness (QED) is 0.683. The fourth-order valence-corrected chi connectivity index (χ4v) is 3.60. The number of hydrogen-bond donors (Lipinski definition) is 2. The fraction of sp³-hybridized carbons (Fsp3) is 0.238. The van der Waals surface area contributed by atoms with E-state index in [9.17, 15) is 0 Å². The Kier molecular flexibility index (Phi) is 4.97. The number of benzene rings is 2. The summed E-state index contributed by atoms with van der Waals surface area (Å²) in [6.45, 7) is 1.67. The highest BCUT2D eigenvalue weighted by Gasteiger charge is 2.22. The van der Waals surface area contributed by atoms with Gasteiger partial charge in [-0.15, -0.1) is 0 Å². The predicted molar refractivity (Wildman–Crippen MR) is 110 cm³/mol. The molecule has 2 aromatic carbocycles. The van der Waals surface area contributed by atoms with Crippen LogP contribution >= 0.6 is 12.2 Å². The van der Waals surface area contributed by atoms with E-state index < -0.39 is 0 Å². The molecule has 0 fully saturated rings. The van der Waals surface area contributed by atoms with Crippen molar-refractivity contribution in [2.45, 2.75) is 25.4 Å². The zero-order valence-electron chi connectivity index (χ0n) is 14.6. The fourth-order valence-electron chi connectivity index (χ4n) is 3.28. The van der Waals surface area contributed by atoms with Gasteiger partial charge in [0.25, 0.3) is 0 Å². The third-order valence-corrected chi connectivity index (χ3v) is 4.96. The molecule has 4 rings (SSSR count). The summed E-state index contributed by atoms with van der Waals surface area (Å²) >= 11 is 5.60. The summed E-state index contributed by atoms with van der Waals surface area (Å²) in [4.78, 5) is 0.726. The Bertz CT molecular complexity index is 874. The molecular formula is C21H22N4S. The number of nitrogens with zero attached hydrogens (tertiary/aromatic N) is 2. The topological polar surface area (TPSA) is 41.9 Å². The van der Waals surface area contributed by atoms with Crippen molar-refractivity contribution >= 4 is 22.9 Å². The summed E-state index contributed by atoms with van der Waals surface area (Å²) in [5.41, 5.74) is 4.49. The standard InChI is InChI=1S/C21H22N4S/c26-21-20-19(15-25(24-20)12-11-16-7-3-1-4-8-16)22-14-18(23-21)13-17-9-5-2-6-10-17/h1-10,15,18,22H,11-14H2,(H,23,26). The first kappa shape index (κ1) is 16.8. The van der Waals surface area contributed by atoms with Gasteiger partial charge in [-0.3, -0.25) is 4.68 Å². The molecule has 1 aliphatic heterocycles. The lowest BCUT2D eigenvalue weighted by atomic mass is 10.1. The summed E-state index contributed by atoms with van der Waals surface area (Å²) in [5.74, 6) is 0. The molecular weight excluding hydrogens is 340 g/mol. The van der Waals surface area contributed by atoms with Gasteiger partial charge in [-0.1, -0.05) is 72.9 Å². The second kappa shape index (κ2) is 7.70. The first-order valence-corrected chi connectivity index (χ1v) is 9.39. The molecule has 0 radical (unpaired) electrons. The Labute approximate surface area is 159 Å². The molecule has 0 spiro atoms. The molecule has 2 heterocycles. The van der Waals surface area contributed by atoms with Crippen LogP contribution in [-0.4, -0.2) is 27.4 Å². The zero-order valence-corrected chi connectivity index (χ0v) is 15.4. The van der Waals surface area contributed by atoms with Gasteiger partial charge >= 0.3 is 0 Å². The molecule has 0 amide bonds. The van der Waals surface area contributed by atoms with E-state index in [1.807, 2.05) is 16.8 Å². The molecule has 0 bridgehead atoms. The van der Waals surface area contributed by atoms with Gasteiger partial charge in [0.1, 0.15) is 10.7 Å². The molecule has 0 aliphatic carbocycles. The minimum absolute atomic E-state index is 0.261. The monoisotopic (exact) mass is 362 g/mol. The molecule has 1 aromatic heterocycles. The molecule has 0 saturated heterocycles. The van der Waals surface area contributed by atoms with Gasteiger partial charge in [0, 0.05) is 25.3 Å². The maximum atomic E-state index is 5.60. The number of nitrogens with one attached hydrogen (secondary N) is 2. The number of rotatable bonds is 5. The Morgan fingerprint density at radius 2 is 1.69 bits per heavy atom. The summed E-state index contributed by atoms with van der Waals surface area (Å²) in [5, 5.41) is 11.7. The number of hydrogen-bond acceptors (Lipinski definition) is 3. The maximum absolute atomic E-state index is 5.60. The smallest absolute Gasteiger partial charge is 0.142 e. The zero-order chi connectivity index (χ0) is 17.8. The van der Waals surface area contributed by atoms with Crippen molar-refractivity contribution in [1.82, 2.24) is 15.1 Å². The highest BCUT2D eigenvalue weighted by molar-refractivity contribution is 7.80. The summed E-state index contributed by atoms with van der Waals surface area (Å²) < 4.78 is 1.98. The van der Waals surface area contributed by atoms with E-state index in [0.29, 0.717) is 0 Å². The normalized spacial score (nSPS) is 16.3. The van der Waals surface area contributed by atoms with Crippen molar-refractivity contribution in [1.29, 1.82) is 0 Å². The average molecular weight is 363 g/mol. The van der Waals surface area contributed by atoms with Crippen molar-refractivity contribution < 1.29 is 0 Å². The van der Waals surface area contributed by atoms with Gasteiger partial charge in [0.05, 0.1) is 5.69 Å². The second-order valence-corrected chi connectivity index (χ2v) is 7.04. The van der Waals surface area contributed by atoms with Crippen LogP contribution in [0.5, 0.6) is 0 Å². The number of aromatic nitrogens is 2. The van der Waals surface area contributed by atoms with Crippen molar-refractivity contribution in [3.63, 3.8) is 0 Å². The first-order valence-electron chi connectivity index (χ1n) is 8.98. The lowest BCUT2D eigenvalue weighted by molar-refractivity contribution is 0.607. The van der Waals surface area contributed by atoms with Crippen molar-refractivity contribution in [3.8, 4) is 0 Å². The minimum atomic E-state index is 0.261. The second-order valence-electron chi connectivity index (χ2n) is 6.63. The molecule has 1 unspecified atom stereocenters. The van der Waals surface area contributed by atoms with Crippen LogP contribution in [-0.2, 0) is 19.4 Å². The van der Waals surface area contributed by atoms with Crippen molar-refractivity contribution in [2.24, 2.45) is 0 Å². The van der Waals surface area contributed by atoms with Crippen molar-refractivity contribution in [3.05, 3.63) is 83.7 Å². The molecule has 3 aromatic rings. The third-order valence-electron chi connectivity index (χ3n) is 4.65. The third kappa shape index (κ3) is 3.94. The van der Waals surface area contributed by atoms with E-state index in [-0.39, 0.29) is 6.04 Å². The number of aryl methyl sites for hydroxylation is 2. The highest BCUT2D eigenvalue weighted by Crippen LogP contribution is 2.19. The van der Waals surface area contributed by atoms with Gasteiger partial charge in [-0.25, -0.2) is 0 Å². The van der Waals surface area contributed by atoms with Crippen molar-refractivity contribution in [2.75, 3.05) is 11.9 Å². The molecule has 0 saturated carbocycles. The van der Waals surface area contributed by atoms with Crippen LogP contribution in [0.2, 0.25) is 0 Å². The van der Waals surface area contributed by atoms with E-state index in [4.69, 9.17) is 17.3 Å².